The molecule has 0 aromatic heterocycles. The maximum atomic E-state index is 4.74. The van der Waals surface area contributed by atoms with Gasteiger partial charge in [0.2, 0.25) is 0 Å². The highest BCUT2D eigenvalue weighted by Crippen LogP contribution is 2.37. The van der Waals surface area contributed by atoms with Gasteiger partial charge in [-0.2, -0.15) is 11.8 Å². The van der Waals surface area contributed by atoms with E-state index in [2.05, 4.69) is 43.2 Å². The Bertz CT molecular complexity index is 253. The number of guanidine groups is 1. The molecule has 0 amide bonds. The molecule has 1 atom stereocenters. The fraction of sp³-hybridized carbons (Fsp3) is 0.929. The normalized spacial score (nSPS) is 23.0. The van der Waals surface area contributed by atoms with E-state index in [4.69, 9.17) is 4.99 Å². The van der Waals surface area contributed by atoms with Crippen molar-refractivity contribution in [2.24, 2.45) is 4.99 Å². The molecule has 0 aromatic rings. The topological polar surface area (TPSA) is 36.4 Å². The van der Waals surface area contributed by atoms with Crippen LogP contribution in [0.1, 0.15) is 52.9 Å². The fourth-order valence-electron chi connectivity index (χ4n) is 2.13. The highest BCUT2D eigenvalue weighted by atomic mass is 127. The van der Waals surface area contributed by atoms with Crippen LogP contribution >= 0.6 is 35.7 Å². The molecule has 1 heterocycles. The van der Waals surface area contributed by atoms with Gasteiger partial charge in [-0.1, -0.05) is 19.8 Å². The van der Waals surface area contributed by atoms with Crippen molar-refractivity contribution in [3.63, 3.8) is 0 Å². The molecule has 1 aliphatic heterocycles. The highest BCUT2D eigenvalue weighted by molar-refractivity contribution is 14.0. The van der Waals surface area contributed by atoms with Crippen LogP contribution in [-0.2, 0) is 0 Å². The third-order valence-corrected chi connectivity index (χ3v) is 4.81. The molecule has 0 radical (unpaired) electrons. The number of rotatable bonds is 7. The van der Waals surface area contributed by atoms with Gasteiger partial charge < -0.3 is 10.6 Å². The van der Waals surface area contributed by atoms with Gasteiger partial charge in [0.1, 0.15) is 0 Å². The molecule has 1 aliphatic rings. The van der Waals surface area contributed by atoms with Crippen LogP contribution in [0, 0.1) is 0 Å². The zero-order valence-electron chi connectivity index (χ0n) is 12.6. The number of unbranched alkanes of at least 4 members (excludes halogenated alkanes) is 2. The Kier molecular flexibility index (Phi) is 11.3. The Morgan fingerprint density at radius 1 is 1.26 bits per heavy atom. The van der Waals surface area contributed by atoms with Crippen LogP contribution in [0.4, 0.5) is 0 Å². The van der Waals surface area contributed by atoms with Crippen LogP contribution in [0.3, 0.4) is 0 Å². The summed E-state index contributed by atoms with van der Waals surface area (Å²) in [6.07, 6.45) is 6.44. The summed E-state index contributed by atoms with van der Waals surface area (Å²) in [5.41, 5.74) is 0. The summed E-state index contributed by atoms with van der Waals surface area (Å²) in [5.74, 6) is 2.29. The summed E-state index contributed by atoms with van der Waals surface area (Å²) in [6, 6.07) is 0. The Morgan fingerprint density at radius 3 is 2.63 bits per heavy atom. The number of thioether (sulfide) groups is 1. The molecule has 0 spiro atoms. The molecule has 0 bridgehead atoms. The van der Waals surface area contributed by atoms with Gasteiger partial charge in [0.05, 0.1) is 6.54 Å². The van der Waals surface area contributed by atoms with Crippen LogP contribution in [0.5, 0.6) is 0 Å². The summed E-state index contributed by atoms with van der Waals surface area (Å²) in [5, 5.41) is 6.76. The number of halogens is 1. The van der Waals surface area contributed by atoms with E-state index in [-0.39, 0.29) is 24.0 Å². The van der Waals surface area contributed by atoms with Crippen molar-refractivity contribution < 1.29 is 0 Å². The highest BCUT2D eigenvalue weighted by Gasteiger charge is 2.29. The minimum atomic E-state index is 0. The molecule has 0 aromatic carbocycles. The zero-order chi connectivity index (χ0) is 13.3. The number of nitrogens with one attached hydrogen (secondary N) is 2. The van der Waals surface area contributed by atoms with Gasteiger partial charge in [0.15, 0.2) is 5.96 Å². The van der Waals surface area contributed by atoms with Crippen molar-refractivity contribution >= 4 is 41.7 Å². The molecule has 114 valence electrons. The average molecular weight is 399 g/mol. The smallest absolute Gasteiger partial charge is 0.191 e. The first-order valence-corrected chi connectivity index (χ1v) is 8.35. The molecule has 2 N–H and O–H groups in total. The van der Waals surface area contributed by atoms with Gasteiger partial charge in [-0.15, -0.1) is 24.0 Å². The number of aliphatic imine (C=N–C) groups is 1. The van der Waals surface area contributed by atoms with Crippen LogP contribution in [0.15, 0.2) is 4.99 Å². The van der Waals surface area contributed by atoms with Crippen LogP contribution in [0.25, 0.3) is 0 Å². The van der Waals surface area contributed by atoms with Crippen molar-refractivity contribution in [2.45, 2.75) is 57.6 Å². The van der Waals surface area contributed by atoms with Gasteiger partial charge in [-0.3, -0.25) is 4.99 Å². The van der Waals surface area contributed by atoms with Crippen LogP contribution < -0.4 is 10.6 Å². The Morgan fingerprint density at radius 2 is 2.05 bits per heavy atom. The van der Waals surface area contributed by atoms with E-state index in [9.17, 15) is 0 Å². The van der Waals surface area contributed by atoms with Crippen LogP contribution in [-0.4, -0.2) is 36.1 Å². The number of hydrogen-bond donors (Lipinski definition) is 2. The number of nitrogens with zero attached hydrogens (tertiary/aromatic N) is 1. The van der Waals surface area contributed by atoms with E-state index in [0.717, 1.165) is 25.6 Å². The second-order valence-corrected chi connectivity index (χ2v) is 6.91. The molecule has 5 heteroatoms. The monoisotopic (exact) mass is 399 g/mol. The SMILES string of the molecule is CCCCCNC(=NCC1(C)CCCS1)NCC.I. The average Bonchev–Trinajstić information content (AvgIpc) is 2.79. The van der Waals surface area contributed by atoms with Gasteiger partial charge in [-0.05, 0) is 38.9 Å². The largest absolute Gasteiger partial charge is 0.357 e. The molecule has 3 nitrogen and oxygen atoms in total. The predicted octanol–water partition coefficient (Wildman–Crippen LogP) is 3.64. The maximum absolute atomic E-state index is 4.74. The summed E-state index contributed by atoms with van der Waals surface area (Å²) >= 11 is 2.07. The lowest BCUT2D eigenvalue weighted by Crippen LogP contribution is -2.39. The van der Waals surface area contributed by atoms with Gasteiger partial charge in [0, 0.05) is 17.8 Å². The van der Waals surface area contributed by atoms with E-state index >= 15 is 0 Å². The van der Waals surface area contributed by atoms with E-state index in [1.54, 1.807) is 0 Å². The second kappa shape index (κ2) is 11.1. The maximum Gasteiger partial charge on any atom is 0.191 e. The fourth-order valence-corrected chi connectivity index (χ4v) is 3.36. The van der Waals surface area contributed by atoms with Gasteiger partial charge >= 0.3 is 0 Å². The minimum absolute atomic E-state index is 0. The van der Waals surface area contributed by atoms with Gasteiger partial charge in [0.25, 0.3) is 0 Å². The lowest BCUT2D eigenvalue weighted by molar-refractivity contribution is 0.612. The lowest BCUT2D eigenvalue weighted by Gasteiger charge is -2.21. The standard InChI is InChI=1S/C14H29N3S.HI/c1-4-6-7-10-16-13(15-5-2)17-12-14(3)9-8-11-18-14;/h4-12H2,1-3H3,(H2,15,16,17);1H. The quantitative estimate of drug-likeness (QED) is 0.297. The Hall–Kier alpha value is 0.350. The van der Waals surface area contributed by atoms with Gasteiger partial charge in [-0.25, -0.2) is 0 Å². The zero-order valence-corrected chi connectivity index (χ0v) is 15.8. The number of hydrogen-bond acceptors (Lipinski definition) is 2. The third kappa shape index (κ3) is 8.27. The van der Waals surface area contributed by atoms with E-state index < -0.39 is 0 Å². The van der Waals surface area contributed by atoms with Crippen molar-refractivity contribution in [1.29, 1.82) is 0 Å². The Balaban J connectivity index is 0.00000324. The molecule has 0 aliphatic carbocycles. The Labute approximate surface area is 140 Å². The first kappa shape index (κ1) is 19.4. The first-order chi connectivity index (χ1) is 8.70. The van der Waals surface area contributed by atoms with E-state index in [1.165, 1.54) is 37.9 Å². The molecular weight excluding hydrogens is 369 g/mol. The molecule has 1 saturated heterocycles. The molecule has 1 unspecified atom stereocenters. The summed E-state index contributed by atoms with van der Waals surface area (Å²) < 4.78 is 0.367. The van der Waals surface area contributed by atoms with E-state index in [1.807, 2.05) is 0 Å². The van der Waals surface area contributed by atoms with E-state index in [0.29, 0.717) is 4.75 Å². The third-order valence-electron chi connectivity index (χ3n) is 3.29. The lowest BCUT2D eigenvalue weighted by atomic mass is 10.1. The molecule has 1 rings (SSSR count). The van der Waals surface area contributed by atoms with Crippen molar-refractivity contribution in [2.75, 3.05) is 25.4 Å². The molecule has 1 fully saturated rings. The molecule has 0 saturated carbocycles. The van der Waals surface area contributed by atoms with Crippen molar-refractivity contribution in [1.82, 2.24) is 10.6 Å². The first-order valence-electron chi connectivity index (χ1n) is 7.36. The summed E-state index contributed by atoms with van der Waals surface area (Å²) in [6.45, 7) is 9.59. The summed E-state index contributed by atoms with van der Waals surface area (Å²) in [7, 11) is 0. The molecular formula is C14H30IN3S. The van der Waals surface area contributed by atoms with Crippen LogP contribution in [0.2, 0.25) is 0 Å². The van der Waals surface area contributed by atoms with Crippen molar-refractivity contribution in [3.8, 4) is 0 Å². The predicted molar refractivity (Wildman–Crippen MR) is 99.0 cm³/mol. The molecule has 19 heavy (non-hydrogen) atoms. The van der Waals surface area contributed by atoms with Crippen molar-refractivity contribution in [3.05, 3.63) is 0 Å². The second-order valence-electron chi connectivity index (χ2n) is 5.23. The summed E-state index contributed by atoms with van der Waals surface area (Å²) in [4.78, 5) is 4.74. The minimum Gasteiger partial charge on any atom is -0.357 e.